The van der Waals surface area contributed by atoms with Crippen LogP contribution in [0.3, 0.4) is 0 Å². The van der Waals surface area contributed by atoms with Gasteiger partial charge in [-0.05, 0) is 23.9 Å². The second kappa shape index (κ2) is 9.51. The third kappa shape index (κ3) is 7.30. The summed E-state index contributed by atoms with van der Waals surface area (Å²) in [7, 11) is -4.42. The topological polar surface area (TPSA) is 187 Å². The average molecular weight is 384 g/mol. The lowest BCUT2D eigenvalue weighted by molar-refractivity contribution is -0.137. The molecule has 1 aromatic carbocycles. The van der Waals surface area contributed by atoms with E-state index in [-0.39, 0.29) is 6.42 Å². The maximum absolute atomic E-state index is 10.6. The molecule has 0 radical (unpaired) electrons. The van der Waals surface area contributed by atoms with Crippen LogP contribution in [0, 0.1) is 0 Å². The maximum Gasteiger partial charge on any atom is 0.303 e. The van der Waals surface area contributed by atoms with Crippen LogP contribution >= 0.6 is 0 Å². The summed E-state index contributed by atoms with van der Waals surface area (Å²) in [6.45, 7) is 0. The number of hydrogen-bond donors (Lipinski definition) is 3. The normalized spacial score (nSPS) is 16.1. The van der Waals surface area contributed by atoms with Gasteiger partial charge < -0.3 is 5.11 Å². The fraction of sp³-hybridized carbons (Fsp3) is 0.357. The Balaban J connectivity index is 0.000000273. The molecule has 2 amide bonds. The van der Waals surface area contributed by atoms with Crippen LogP contribution in [0.4, 0.5) is 5.69 Å². The number of carboxylic acid groups (broad SMARTS) is 1. The Bertz CT molecular complexity index is 829. The molecule has 0 spiro atoms. The summed E-state index contributed by atoms with van der Waals surface area (Å²) in [4.78, 5) is 33.9. The van der Waals surface area contributed by atoms with Gasteiger partial charge in [-0.2, -0.15) is 8.42 Å². The number of aliphatic carboxylic acids is 1. The maximum atomic E-state index is 10.6. The molecular weight excluding hydrogens is 368 g/mol. The van der Waals surface area contributed by atoms with Crippen LogP contribution < -0.4 is 5.32 Å². The Morgan fingerprint density at radius 1 is 1.31 bits per heavy atom. The van der Waals surface area contributed by atoms with Gasteiger partial charge in [0.2, 0.25) is 11.8 Å². The SMILES string of the molecule is O=C1CC(S(=O)(=O)O)C(=O)N1.[N-]=[N+]=Nc1ccc(CCCC(=O)O)cc1. The lowest BCUT2D eigenvalue weighted by atomic mass is 10.1. The highest BCUT2D eigenvalue weighted by Crippen LogP contribution is 2.14. The number of benzene rings is 1. The monoisotopic (exact) mass is 384 g/mol. The van der Waals surface area contributed by atoms with Crippen molar-refractivity contribution in [1.29, 1.82) is 0 Å². The quantitative estimate of drug-likeness (QED) is 0.217. The first-order valence-electron chi connectivity index (χ1n) is 7.29. The van der Waals surface area contributed by atoms with Gasteiger partial charge in [0.15, 0.2) is 5.25 Å². The molecule has 1 aliphatic heterocycles. The van der Waals surface area contributed by atoms with Crippen molar-refractivity contribution in [2.75, 3.05) is 0 Å². The number of nitrogens with one attached hydrogen (secondary N) is 1. The molecule has 1 atom stereocenters. The molecule has 1 fully saturated rings. The molecule has 0 bridgehead atoms. The van der Waals surface area contributed by atoms with E-state index in [0.29, 0.717) is 12.1 Å². The first kappa shape index (κ1) is 21.1. The van der Waals surface area contributed by atoms with Crippen LogP contribution in [-0.4, -0.2) is 41.1 Å². The number of nitrogens with zero attached hydrogens (tertiary/aromatic N) is 3. The second-order valence-corrected chi connectivity index (χ2v) is 6.82. The number of carboxylic acids is 1. The van der Waals surface area contributed by atoms with Crippen LogP contribution in [0.25, 0.3) is 10.4 Å². The van der Waals surface area contributed by atoms with Crippen molar-refractivity contribution in [1.82, 2.24) is 5.32 Å². The third-order valence-electron chi connectivity index (χ3n) is 3.24. The van der Waals surface area contributed by atoms with Crippen molar-refractivity contribution >= 4 is 33.6 Å². The van der Waals surface area contributed by atoms with Gasteiger partial charge in [0.25, 0.3) is 10.1 Å². The Hall–Kier alpha value is -2.95. The summed E-state index contributed by atoms with van der Waals surface area (Å²) in [6.07, 6.45) is 1.04. The zero-order valence-electron chi connectivity index (χ0n) is 13.4. The predicted molar refractivity (Wildman–Crippen MR) is 88.9 cm³/mol. The van der Waals surface area contributed by atoms with Gasteiger partial charge in [-0.3, -0.25) is 24.3 Å². The van der Waals surface area contributed by atoms with E-state index in [1.807, 2.05) is 12.1 Å². The van der Waals surface area contributed by atoms with Crippen molar-refractivity contribution in [3.63, 3.8) is 0 Å². The van der Waals surface area contributed by atoms with E-state index < -0.39 is 39.6 Å². The van der Waals surface area contributed by atoms with E-state index in [1.165, 1.54) is 0 Å². The molecular formula is C14H16N4O7S. The molecule has 0 saturated carbocycles. The van der Waals surface area contributed by atoms with Crippen molar-refractivity contribution in [3.05, 3.63) is 40.3 Å². The highest BCUT2D eigenvalue weighted by Gasteiger charge is 2.39. The molecule has 0 aliphatic carbocycles. The van der Waals surface area contributed by atoms with Crippen LogP contribution in [0.5, 0.6) is 0 Å². The second-order valence-electron chi connectivity index (χ2n) is 5.22. The lowest BCUT2D eigenvalue weighted by Crippen LogP contribution is -2.30. The molecule has 1 saturated heterocycles. The van der Waals surface area contributed by atoms with Gasteiger partial charge >= 0.3 is 5.97 Å². The van der Waals surface area contributed by atoms with Gasteiger partial charge in [0, 0.05) is 17.0 Å². The van der Waals surface area contributed by atoms with Crippen molar-refractivity contribution in [2.24, 2.45) is 5.11 Å². The minimum atomic E-state index is -4.42. The highest BCUT2D eigenvalue weighted by molar-refractivity contribution is 7.87. The number of carbonyl (C=O) groups is 3. The summed E-state index contributed by atoms with van der Waals surface area (Å²) in [5.74, 6) is -2.42. The van der Waals surface area contributed by atoms with E-state index >= 15 is 0 Å². The molecule has 12 heteroatoms. The van der Waals surface area contributed by atoms with E-state index in [2.05, 4.69) is 10.0 Å². The molecule has 1 heterocycles. The van der Waals surface area contributed by atoms with Crippen molar-refractivity contribution in [2.45, 2.75) is 30.9 Å². The van der Waals surface area contributed by atoms with E-state index in [4.69, 9.17) is 15.2 Å². The van der Waals surface area contributed by atoms with Gasteiger partial charge in [0.05, 0.1) is 6.42 Å². The molecule has 1 aromatic rings. The number of imide groups is 1. The Kier molecular flexibility index (Phi) is 7.72. The number of hydrogen-bond acceptors (Lipinski definition) is 6. The van der Waals surface area contributed by atoms with Crippen LogP contribution in [0.1, 0.15) is 24.8 Å². The first-order chi connectivity index (χ1) is 12.1. The zero-order chi connectivity index (χ0) is 19.7. The van der Waals surface area contributed by atoms with Gasteiger partial charge in [0.1, 0.15) is 0 Å². The Morgan fingerprint density at radius 2 is 1.92 bits per heavy atom. The highest BCUT2D eigenvalue weighted by atomic mass is 32.2. The zero-order valence-corrected chi connectivity index (χ0v) is 14.2. The minimum absolute atomic E-state index is 0.179. The molecule has 3 N–H and O–H groups in total. The number of amides is 2. The molecule has 11 nitrogen and oxygen atoms in total. The largest absolute Gasteiger partial charge is 0.481 e. The summed E-state index contributed by atoms with van der Waals surface area (Å²) in [5.41, 5.74) is 9.80. The van der Waals surface area contributed by atoms with Crippen LogP contribution in [0.2, 0.25) is 0 Å². The fourth-order valence-corrected chi connectivity index (χ4v) is 2.69. The fourth-order valence-electron chi connectivity index (χ4n) is 2.00. The minimum Gasteiger partial charge on any atom is -0.481 e. The summed E-state index contributed by atoms with van der Waals surface area (Å²) in [5, 5.41) is 12.0. The van der Waals surface area contributed by atoms with Crippen molar-refractivity contribution < 1.29 is 32.5 Å². The van der Waals surface area contributed by atoms with E-state index in [9.17, 15) is 22.8 Å². The predicted octanol–water partition coefficient (Wildman–Crippen LogP) is 1.32. The molecule has 26 heavy (non-hydrogen) atoms. The van der Waals surface area contributed by atoms with E-state index in [0.717, 1.165) is 12.0 Å². The lowest BCUT2D eigenvalue weighted by Gasteiger charge is -1.99. The standard InChI is InChI=1S/C10H11N3O2.C4H5NO5S/c11-13-12-9-6-4-8(5-7-9)2-1-3-10(14)15;6-3-1-2(4(7)5-3)11(8,9)10/h4-7H,1-3H2,(H,14,15);2H,1H2,(H,5,6,7)(H,8,9,10). The smallest absolute Gasteiger partial charge is 0.303 e. The molecule has 1 aliphatic rings. The Morgan fingerprint density at radius 3 is 2.31 bits per heavy atom. The third-order valence-corrected chi connectivity index (χ3v) is 4.34. The number of carbonyl (C=O) groups excluding carboxylic acids is 2. The van der Waals surface area contributed by atoms with Crippen LogP contribution in [0.15, 0.2) is 29.4 Å². The van der Waals surface area contributed by atoms with Gasteiger partial charge in [-0.15, -0.1) is 0 Å². The Labute approximate surface area is 148 Å². The number of azide groups is 1. The van der Waals surface area contributed by atoms with Gasteiger partial charge in [-0.25, -0.2) is 0 Å². The first-order valence-corrected chi connectivity index (χ1v) is 8.79. The summed E-state index contributed by atoms with van der Waals surface area (Å²) in [6, 6.07) is 7.11. The molecule has 140 valence electrons. The van der Waals surface area contributed by atoms with E-state index in [1.54, 1.807) is 17.4 Å². The summed E-state index contributed by atoms with van der Waals surface area (Å²) >= 11 is 0. The average Bonchev–Trinajstić information content (AvgIpc) is 2.88. The van der Waals surface area contributed by atoms with Crippen LogP contribution in [-0.2, 0) is 30.9 Å². The summed E-state index contributed by atoms with van der Waals surface area (Å²) < 4.78 is 29.0. The number of rotatable bonds is 6. The molecule has 2 rings (SSSR count). The number of aryl methyl sites for hydroxylation is 1. The molecule has 1 unspecified atom stereocenters. The molecule has 0 aromatic heterocycles. The van der Waals surface area contributed by atoms with Crippen molar-refractivity contribution in [3.8, 4) is 0 Å². The van der Waals surface area contributed by atoms with Gasteiger partial charge in [-0.1, -0.05) is 29.4 Å².